The van der Waals surface area contributed by atoms with Crippen molar-refractivity contribution in [1.82, 2.24) is 0 Å². The molecule has 0 N–H and O–H groups in total. The summed E-state index contributed by atoms with van der Waals surface area (Å²) < 4.78 is 0. The van der Waals surface area contributed by atoms with E-state index in [1.54, 1.807) is 0 Å². The van der Waals surface area contributed by atoms with Crippen molar-refractivity contribution in [2.24, 2.45) is 0 Å². The average Bonchev–Trinajstić information content (AvgIpc) is 2.56. The van der Waals surface area contributed by atoms with Crippen LogP contribution < -0.4 is 0 Å². The molecular formula is C13H8UV-2. The Labute approximate surface area is 126 Å². The molecule has 0 spiro atoms. The van der Waals surface area contributed by atoms with Gasteiger partial charge in [0.25, 0.3) is 0 Å². The third-order valence-electron chi connectivity index (χ3n) is 2.52. The molecule has 1 aliphatic rings. The molecule has 0 fully saturated rings. The Morgan fingerprint density at radius 2 is 1.33 bits per heavy atom. The van der Waals surface area contributed by atoms with Crippen molar-refractivity contribution in [3.63, 3.8) is 0 Å². The maximum atomic E-state index is 3.27. The first-order valence-electron chi connectivity index (χ1n) is 4.45. The molecule has 0 heterocycles. The summed E-state index contributed by atoms with van der Waals surface area (Å²) in [7, 11) is 0. The summed E-state index contributed by atoms with van der Waals surface area (Å²) in [5.41, 5.74) is 5.22. The van der Waals surface area contributed by atoms with Gasteiger partial charge in [0.05, 0.1) is 0 Å². The largest absolute Gasteiger partial charge is 0.223 e. The Kier molecular flexibility index (Phi) is 4.75. The van der Waals surface area contributed by atoms with Crippen LogP contribution in [0.15, 0.2) is 36.4 Å². The summed E-state index contributed by atoms with van der Waals surface area (Å²) in [5, 5.41) is 0. The predicted octanol–water partition coefficient (Wildman–Crippen LogP) is 2.86. The zero-order valence-corrected chi connectivity index (χ0v) is 13.7. The van der Waals surface area contributed by atoms with Gasteiger partial charge in [-0.05, 0) is 0 Å². The van der Waals surface area contributed by atoms with Crippen LogP contribution in [0, 0.1) is 43.2 Å². The van der Waals surface area contributed by atoms with Crippen molar-refractivity contribution in [3.8, 4) is 11.1 Å². The van der Waals surface area contributed by atoms with Crippen molar-refractivity contribution >= 4 is 0 Å². The first kappa shape index (κ1) is 13.1. The van der Waals surface area contributed by atoms with Crippen LogP contribution in [0.2, 0.25) is 0 Å². The maximum Gasteiger partial charge on any atom is 0 e. The summed E-state index contributed by atoms with van der Waals surface area (Å²) in [6.45, 7) is 0. The first-order chi connectivity index (χ1) is 6.45. The van der Waals surface area contributed by atoms with E-state index >= 15 is 0 Å². The summed E-state index contributed by atoms with van der Waals surface area (Å²) in [6.07, 6.45) is 1.04. The Balaban J connectivity index is 0.000000562. The second-order valence-electron chi connectivity index (χ2n) is 3.32. The van der Waals surface area contributed by atoms with Gasteiger partial charge in [-0.1, -0.05) is 6.42 Å². The third kappa shape index (κ3) is 2.27. The topological polar surface area (TPSA) is 0 Å². The molecule has 15 heavy (non-hydrogen) atoms. The molecule has 1 aliphatic carbocycles. The number of hydrogen-bond acceptors (Lipinski definition) is 0. The Bertz CT molecular complexity index is 422. The van der Waals surface area contributed by atoms with Crippen LogP contribution in [-0.4, -0.2) is 0 Å². The van der Waals surface area contributed by atoms with Crippen molar-refractivity contribution in [1.29, 1.82) is 0 Å². The van der Waals surface area contributed by atoms with Crippen LogP contribution in [-0.2, 0) is 25.0 Å². The van der Waals surface area contributed by atoms with Gasteiger partial charge in [-0.15, -0.1) is 12.1 Å². The van der Waals surface area contributed by atoms with Crippen molar-refractivity contribution < 1.29 is 49.7 Å². The average molecular weight is 453 g/mol. The smallest absolute Gasteiger partial charge is 0 e. The van der Waals surface area contributed by atoms with E-state index in [1.807, 2.05) is 24.3 Å². The van der Waals surface area contributed by atoms with E-state index in [0.717, 1.165) is 6.42 Å². The molecule has 0 saturated heterocycles. The number of fused-ring (bicyclic) bond motifs is 3. The molecule has 0 saturated carbocycles. The molecule has 0 unspecified atom stereocenters. The summed E-state index contributed by atoms with van der Waals surface area (Å²) in [6, 6.07) is 18.9. The molecule has 71 valence electrons. The number of benzene rings is 2. The van der Waals surface area contributed by atoms with E-state index in [9.17, 15) is 0 Å². The minimum absolute atomic E-state index is 0. The van der Waals surface area contributed by atoms with Gasteiger partial charge < -0.3 is 0 Å². The third-order valence-corrected chi connectivity index (χ3v) is 2.52. The van der Waals surface area contributed by atoms with E-state index in [-0.39, 0.29) is 49.7 Å². The maximum absolute atomic E-state index is 3.27. The minimum atomic E-state index is 0. The summed E-state index contributed by atoms with van der Waals surface area (Å²) in [5.74, 6) is 0. The Morgan fingerprint density at radius 3 is 1.80 bits per heavy atom. The van der Waals surface area contributed by atoms with Gasteiger partial charge >= 0.3 is 0 Å². The van der Waals surface area contributed by atoms with E-state index in [4.69, 9.17) is 0 Å². The van der Waals surface area contributed by atoms with Gasteiger partial charge in [-0.3, -0.25) is 0 Å². The predicted molar refractivity (Wildman–Crippen MR) is 52.4 cm³/mol. The van der Waals surface area contributed by atoms with Gasteiger partial charge in [0.2, 0.25) is 0 Å². The zero-order chi connectivity index (χ0) is 8.67. The van der Waals surface area contributed by atoms with Crippen molar-refractivity contribution in [2.75, 3.05) is 0 Å². The molecule has 1 radical (unpaired) electrons. The zero-order valence-electron chi connectivity index (χ0n) is 8.12. The van der Waals surface area contributed by atoms with Crippen molar-refractivity contribution in [2.45, 2.75) is 6.42 Å². The van der Waals surface area contributed by atoms with Crippen LogP contribution >= 0.6 is 0 Å². The van der Waals surface area contributed by atoms with Crippen LogP contribution in [0.1, 0.15) is 11.1 Å². The second kappa shape index (κ2) is 5.42. The fourth-order valence-corrected chi connectivity index (χ4v) is 1.91. The molecule has 0 aromatic heterocycles. The first-order valence-corrected chi connectivity index (χ1v) is 4.45. The van der Waals surface area contributed by atoms with Crippen LogP contribution in [0.25, 0.3) is 11.1 Å². The monoisotopic (exact) mass is 453 g/mol. The second-order valence-corrected chi connectivity index (χ2v) is 3.32. The Morgan fingerprint density at radius 1 is 0.867 bits per heavy atom. The summed E-state index contributed by atoms with van der Waals surface area (Å²) >= 11 is 0. The fourth-order valence-electron chi connectivity index (χ4n) is 1.91. The van der Waals surface area contributed by atoms with E-state index < -0.39 is 0 Å². The van der Waals surface area contributed by atoms with Gasteiger partial charge in [-0.25, -0.2) is 11.1 Å². The van der Waals surface area contributed by atoms with E-state index in [2.05, 4.69) is 24.3 Å². The normalized spacial score (nSPS) is 10.7. The summed E-state index contributed by atoms with van der Waals surface area (Å²) in [4.78, 5) is 0. The van der Waals surface area contributed by atoms with Crippen LogP contribution in [0.3, 0.4) is 0 Å². The van der Waals surface area contributed by atoms with Gasteiger partial charge in [0.1, 0.15) is 0 Å². The Hall–Kier alpha value is 0.0764. The van der Waals surface area contributed by atoms with Crippen LogP contribution in [0.4, 0.5) is 0 Å². The van der Waals surface area contributed by atoms with Crippen molar-refractivity contribution in [3.05, 3.63) is 59.7 Å². The molecule has 2 heteroatoms. The van der Waals surface area contributed by atoms with Gasteiger partial charge in [0, 0.05) is 49.7 Å². The van der Waals surface area contributed by atoms with Crippen LogP contribution in [0.5, 0.6) is 0 Å². The fraction of sp³-hybridized carbons (Fsp3) is 0.0769. The molecule has 0 amide bonds. The minimum Gasteiger partial charge on any atom is -0.223 e. The molecule has 2 aromatic rings. The number of rotatable bonds is 0. The molecule has 0 nitrogen and oxygen atoms in total. The molecule has 2 aromatic carbocycles. The van der Waals surface area contributed by atoms with Gasteiger partial charge in [0.15, 0.2) is 0 Å². The molecule has 3 rings (SSSR count). The molecule has 0 aliphatic heterocycles. The number of hydrogen-bond donors (Lipinski definition) is 0. The van der Waals surface area contributed by atoms with E-state index in [1.165, 1.54) is 22.3 Å². The quantitative estimate of drug-likeness (QED) is 0.460. The van der Waals surface area contributed by atoms with E-state index in [0.29, 0.717) is 0 Å². The molecule has 0 atom stereocenters. The molecular weight excluding hydrogens is 445 g/mol. The standard InChI is InChI=1S/C13H8.U.V/c1-3-7-12-10(5-1)9-11-6-2-4-8-13(11)12;;/h1-6H,9H2;;/q-2;;. The molecule has 0 bridgehead atoms. The SMILES string of the molecule is [U].[V].[c-]1cccc2c1-c1[c-]cccc1C2. The van der Waals surface area contributed by atoms with Gasteiger partial charge in [-0.2, -0.15) is 47.5 Å².